The fourth-order valence-electron chi connectivity index (χ4n) is 1.82. The van der Waals surface area contributed by atoms with Gasteiger partial charge in [-0.3, -0.25) is 9.80 Å². The average Bonchev–Trinajstić information content (AvgIpc) is 2.97. The first-order valence-electron chi connectivity index (χ1n) is 5.61. The Hall–Kier alpha value is -1.99. The highest BCUT2D eigenvalue weighted by molar-refractivity contribution is 8.06. The summed E-state index contributed by atoms with van der Waals surface area (Å²) in [6, 6.07) is 6.22. The lowest BCUT2D eigenvalue weighted by Crippen LogP contribution is -2.42. The SMILES string of the molecule is CNC(=O)C1=CSC2=CN(c3cccc(F)c3)NN21. The van der Waals surface area contributed by atoms with Crippen LogP contribution in [0.25, 0.3) is 0 Å². The topological polar surface area (TPSA) is 47.6 Å². The van der Waals surface area contributed by atoms with Gasteiger partial charge in [-0.1, -0.05) is 17.8 Å². The Bertz CT molecular complexity index is 601. The van der Waals surface area contributed by atoms with Crippen molar-refractivity contribution in [2.45, 2.75) is 0 Å². The highest BCUT2D eigenvalue weighted by atomic mass is 32.2. The molecule has 0 spiro atoms. The summed E-state index contributed by atoms with van der Waals surface area (Å²) in [5.74, 6) is -0.482. The van der Waals surface area contributed by atoms with Gasteiger partial charge in [0.15, 0.2) is 0 Å². The number of fused-ring (bicyclic) bond motifs is 1. The number of rotatable bonds is 2. The second kappa shape index (κ2) is 4.60. The average molecular weight is 278 g/mol. The molecule has 19 heavy (non-hydrogen) atoms. The van der Waals surface area contributed by atoms with Crippen LogP contribution in [0.5, 0.6) is 0 Å². The molecular weight excluding hydrogens is 267 g/mol. The minimum atomic E-state index is -0.306. The molecule has 0 radical (unpaired) electrons. The molecule has 0 atom stereocenters. The maximum atomic E-state index is 13.2. The number of carbonyl (C=O) groups is 1. The van der Waals surface area contributed by atoms with Crippen LogP contribution in [0.3, 0.4) is 0 Å². The molecule has 1 amide bonds. The summed E-state index contributed by atoms with van der Waals surface area (Å²) in [6.07, 6.45) is 1.81. The summed E-state index contributed by atoms with van der Waals surface area (Å²) < 4.78 is 13.2. The quantitative estimate of drug-likeness (QED) is 0.858. The van der Waals surface area contributed by atoms with Crippen LogP contribution < -0.4 is 15.9 Å². The van der Waals surface area contributed by atoms with Crippen molar-refractivity contribution >= 4 is 23.4 Å². The zero-order valence-corrected chi connectivity index (χ0v) is 10.9. The second-order valence-electron chi connectivity index (χ2n) is 3.95. The highest BCUT2D eigenvalue weighted by Gasteiger charge is 2.32. The van der Waals surface area contributed by atoms with Crippen molar-refractivity contribution in [2.24, 2.45) is 0 Å². The molecule has 2 aliphatic rings. The Labute approximate surface area is 113 Å². The molecule has 1 aromatic rings. The molecule has 2 N–H and O–H groups in total. The lowest BCUT2D eigenvalue weighted by atomic mass is 10.3. The first-order chi connectivity index (χ1) is 9.19. The number of likely N-dealkylation sites (N-methyl/N-ethyl adjacent to an activating group) is 1. The van der Waals surface area contributed by atoms with E-state index in [1.165, 1.54) is 23.9 Å². The number of amides is 1. The zero-order valence-electron chi connectivity index (χ0n) is 10.1. The molecule has 2 aliphatic heterocycles. The maximum Gasteiger partial charge on any atom is 0.269 e. The molecular formula is C12H11FN4OS. The minimum Gasteiger partial charge on any atom is -0.354 e. The number of hydrogen-bond donors (Lipinski definition) is 2. The van der Waals surface area contributed by atoms with Crippen LogP contribution in [0.2, 0.25) is 0 Å². The van der Waals surface area contributed by atoms with Gasteiger partial charge in [0.05, 0.1) is 11.9 Å². The van der Waals surface area contributed by atoms with E-state index < -0.39 is 0 Å². The molecule has 0 aromatic heterocycles. The maximum absolute atomic E-state index is 13.2. The van der Waals surface area contributed by atoms with Crippen LogP contribution in [0.4, 0.5) is 10.1 Å². The van der Waals surface area contributed by atoms with Gasteiger partial charge in [0.25, 0.3) is 5.91 Å². The van der Waals surface area contributed by atoms with Gasteiger partial charge in [-0.15, -0.1) is 5.53 Å². The second-order valence-corrected chi connectivity index (χ2v) is 4.84. The van der Waals surface area contributed by atoms with Crippen molar-refractivity contribution in [3.63, 3.8) is 0 Å². The van der Waals surface area contributed by atoms with Crippen molar-refractivity contribution in [3.8, 4) is 0 Å². The number of thioether (sulfide) groups is 1. The molecule has 0 saturated carbocycles. The monoisotopic (exact) mass is 278 g/mol. The largest absolute Gasteiger partial charge is 0.354 e. The molecule has 0 fully saturated rings. The van der Waals surface area contributed by atoms with E-state index >= 15 is 0 Å². The van der Waals surface area contributed by atoms with E-state index in [9.17, 15) is 9.18 Å². The number of anilines is 1. The third kappa shape index (κ3) is 2.06. The van der Waals surface area contributed by atoms with Crippen molar-refractivity contribution in [1.29, 1.82) is 0 Å². The molecule has 0 bridgehead atoms. The number of carbonyl (C=O) groups excluding carboxylic acids is 1. The van der Waals surface area contributed by atoms with Gasteiger partial charge in [0.2, 0.25) is 0 Å². The van der Waals surface area contributed by atoms with E-state index in [1.54, 1.807) is 34.6 Å². The molecule has 2 heterocycles. The number of hydrogen-bond acceptors (Lipinski definition) is 5. The van der Waals surface area contributed by atoms with Gasteiger partial charge < -0.3 is 5.32 Å². The summed E-state index contributed by atoms with van der Waals surface area (Å²) in [7, 11) is 1.58. The van der Waals surface area contributed by atoms with Crippen LogP contribution >= 0.6 is 11.8 Å². The van der Waals surface area contributed by atoms with E-state index in [-0.39, 0.29) is 11.7 Å². The van der Waals surface area contributed by atoms with Crippen LogP contribution in [-0.4, -0.2) is 18.0 Å². The standard InChI is InChI=1S/C12H11FN4OS/c1-14-12(18)10-7-19-11-6-16(15-17(10)11)9-4-2-3-8(13)5-9/h2-7,15H,1H3,(H,14,18). The Morgan fingerprint density at radius 3 is 3.05 bits per heavy atom. The Balaban J connectivity index is 1.82. The third-order valence-corrected chi connectivity index (χ3v) is 3.62. The summed E-state index contributed by atoms with van der Waals surface area (Å²) >= 11 is 1.43. The van der Waals surface area contributed by atoms with Crippen LogP contribution in [0.15, 0.2) is 46.6 Å². The first-order valence-corrected chi connectivity index (χ1v) is 6.49. The fraction of sp³-hybridized carbons (Fsp3) is 0.0833. The summed E-state index contributed by atoms with van der Waals surface area (Å²) in [6.45, 7) is 0. The van der Waals surface area contributed by atoms with Crippen molar-refractivity contribution in [2.75, 3.05) is 12.1 Å². The van der Waals surface area contributed by atoms with E-state index in [1.807, 2.05) is 6.20 Å². The van der Waals surface area contributed by atoms with Gasteiger partial charge in [-0.05, 0) is 18.2 Å². The molecule has 0 unspecified atom stereocenters. The predicted molar refractivity (Wildman–Crippen MR) is 71.7 cm³/mol. The number of nitrogens with one attached hydrogen (secondary N) is 2. The number of benzene rings is 1. The lowest BCUT2D eigenvalue weighted by Gasteiger charge is -2.22. The Kier molecular flexibility index (Phi) is 2.92. The predicted octanol–water partition coefficient (Wildman–Crippen LogP) is 1.50. The van der Waals surface area contributed by atoms with Gasteiger partial charge in [-0.2, -0.15) is 0 Å². The zero-order chi connectivity index (χ0) is 13.4. The van der Waals surface area contributed by atoms with E-state index in [0.29, 0.717) is 11.4 Å². The fourth-order valence-corrected chi connectivity index (χ4v) is 2.68. The lowest BCUT2D eigenvalue weighted by molar-refractivity contribution is -0.118. The molecule has 98 valence electrons. The van der Waals surface area contributed by atoms with Crippen LogP contribution in [-0.2, 0) is 4.79 Å². The Morgan fingerprint density at radius 2 is 2.32 bits per heavy atom. The van der Waals surface area contributed by atoms with Crippen molar-refractivity contribution < 1.29 is 9.18 Å². The number of hydrazine groups is 2. The van der Waals surface area contributed by atoms with E-state index in [0.717, 1.165) is 5.03 Å². The molecule has 1 aromatic carbocycles. The molecule has 5 nitrogen and oxygen atoms in total. The van der Waals surface area contributed by atoms with Crippen LogP contribution in [0.1, 0.15) is 0 Å². The normalized spacial score (nSPS) is 17.2. The molecule has 7 heteroatoms. The van der Waals surface area contributed by atoms with Gasteiger partial charge in [0.1, 0.15) is 16.5 Å². The summed E-state index contributed by atoms with van der Waals surface area (Å²) in [5, 5.41) is 8.53. The van der Waals surface area contributed by atoms with Crippen molar-refractivity contribution in [3.05, 3.63) is 52.4 Å². The van der Waals surface area contributed by atoms with E-state index in [2.05, 4.69) is 10.9 Å². The van der Waals surface area contributed by atoms with Crippen LogP contribution in [0, 0.1) is 5.82 Å². The minimum absolute atomic E-state index is 0.176. The highest BCUT2D eigenvalue weighted by Crippen LogP contribution is 2.37. The molecule has 0 aliphatic carbocycles. The summed E-state index contributed by atoms with van der Waals surface area (Å²) in [4.78, 5) is 11.7. The van der Waals surface area contributed by atoms with E-state index in [4.69, 9.17) is 0 Å². The van der Waals surface area contributed by atoms with Gasteiger partial charge in [0, 0.05) is 12.5 Å². The smallest absolute Gasteiger partial charge is 0.269 e. The third-order valence-electron chi connectivity index (χ3n) is 2.75. The molecule has 3 rings (SSSR count). The number of nitrogens with zero attached hydrogens (tertiary/aromatic N) is 2. The Morgan fingerprint density at radius 1 is 1.47 bits per heavy atom. The van der Waals surface area contributed by atoms with Gasteiger partial charge >= 0.3 is 0 Å². The molecule has 0 saturated heterocycles. The van der Waals surface area contributed by atoms with Gasteiger partial charge in [-0.25, -0.2) is 9.40 Å². The first kappa shape index (κ1) is 12.1. The summed E-state index contributed by atoms with van der Waals surface area (Å²) in [5.41, 5.74) is 4.20. The van der Waals surface area contributed by atoms with Crippen molar-refractivity contribution in [1.82, 2.24) is 15.9 Å². The number of halogens is 1.